The Labute approximate surface area is 110 Å². The van der Waals surface area contributed by atoms with Gasteiger partial charge in [0.25, 0.3) is 0 Å². The topological polar surface area (TPSA) is 0 Å². The number of fused-ring (bicyclic) bond motifs is 2. The lowest BCUT2D eigenvalue weighted by Crippen LogP contribution is -1.74. The Hall–Kier alpha value is -1.82. The molecule has 3 aromatic carbocycles. The van der Waals surface area contributed by atoms with Gasteiger partial charge in [-0.2, -0.15) is 0 Å². The largest absolute Gasteiger partial charge is 0.0683 e. The normalized spacial score (nSPS) is 9.11. The third-order valence-electron chi connectivity index (χ3n) is 2.61. The van der Waals surface area contributed by atoms with Crippen molar-refractivity contribution in [2.24, 2.45) is 0 Å². The molecule has 0 fully saturated rings. The molecule has 0 heterocycles. The van der Waals surface area contributed by atoms with E-state index in [9.17, 15) is 0 Å². The highest BCUT2D eigenvalue weighted by Crippen LogP contribution is 2.21. The maximum absolute atomic E-state index is 2.24. The first-order valence-electron chi connectivity index (χ1n) is 6.81. The van der Waals surface area contributed by atoms with Gasteiger partial charge in [0.15, 0.2) is 0 Å². The molecule has 0 saturated heterocycles. The predicted molar refractivity (Wildman–Crippen MR) is 84.2 cm³/mol. The van der Waals surface area contributed by atoms with Crippen molar-refractivity contribution in [2.45, 2.75) is 27.7 Å². The molecule has 3 aromatic rings. The Bertz CT molecular complexity index is 489. The number of hydrogen-bond acceptors (Lipinski definition) is 0. The molecule has 0 heteroatoms. The molecule has 0 amide bonds. The number of benzene rings is 3. The molecule has 0 aliphatic carbocycles. The molecule has 18 heavy (non-hydrogen) atoms. The van der Waals surface area contributed by atoms with Crippen LogP contribution in [0.1, 0.15) is 27.7 Å². The van der Waals surface area contributed by atoms with Crippen molar-refractivity contribution in [1.29, 1.82) is 0 Å². The van der Waals surface area contributed by atoms with Crippen LogP contribution in [0.5, 0.6) is 0 Å². The first kappa shape index (κ1) is 14.2. The summed E-state index contributed by atoms with van der Waals surface area (Å²) in [4.78, 5) is 0. The lowest BCUT2D eigenvalue weighted by Gasteiger charge is -2.00. The second kappa shape index (κ2) is 7.50. The highest BCUT2D eigenvalue weighted by Gasteiger charge is 1.95. The van der Waals surface area contributed by atoms with Gasteiger partial charge in [0.1, 0.15) is 0 Å². The van der Waals surface area contributed by atoms with Gasteiger partial charge in [-0.15, -0.1) is 0 Å². The van der Waals surface area contributed by atoms with E-state index in [4.69, 9.17) is 0 Å². The molecule has 0 aliphatic rings. The summed E-state index contributed by atoms with van der Waals surface area (Å²) in [6.45, 7) is 8.00. The van der Waals surface area contributed by atoms with Crippen LogP contribution >= 0.6 is 0 Å². The van der Waals surface area contributed by atoms with Crippen molar-refractivity contribution < 1.29 is 0 Å². The second-order valence-electron chi connectivity index (χ2n) is 3.55. The van der Waals surface area contributed by atoms with E-state index in [1.165, 1.54) is 21.5 Å². The smallest absolute Gasteiger partial charge is 0.0178 e. The number of hydrogen-bond donors (Lipinski definition) is 0. The van der Waals surface area contributed by atoms with Gasteiger partial charge < -0.3 is 0 Å². The van der Waals surface area contributed by atoms with E-state index in [0.29, 0.717) is 0 Å². The monoisotopic (exact) mass is 238 g/mol. The summed E-state index contributed by atoms with van der Waals surface area (Å²) >= 11 is 0. The lowest BCUT2D eigenvalue weighted by atomic mass is 10.0. The quantitative estimate of drug-likeness (QED) is 0.418. The Kier molecular flexibility index (Phi) is 5.93. The Morgan fingerprint density at radius 2 is 0.667 bits per heavy atom. The van der Waals surface area contributed by atoms with Crippen molar-refractivity contribution in [3.05, 3.63) is 60.7 Å². The van der Waals surface area contributed by atoms with Gasteiger partial charge in [-0.3, -0.25) is 0 Å². The van der Waals surface area contributed by atoms with Crippen LogP contribution in [0.2, 0.25) is 0 Å². The molecule has 0 spiro atoms. The van der Waals surface area contributed by atoms with Gasteiger partial charge in [0.05, 0.1) is 0 Å². The average Bonchev–Trinajstić information content (AvgIpc) is 2.49. The maximum Gasteiger partial charge on any atom is -0.0178 e. The van der Waals surface area contributed by atoms with E-state index in [1.807, 2.05) is 27.7 Å². The van der Waals surface area contributed by atoms with E-state index in [2.05, 4.69) is 60.7 Å². The van der Waals surface area contributed by atoms with Gasteiger partial charge in [0, 0.05) is 0 Å². The van der Waals surface area contributed by atoms with Crippen molar-refractivity contribution in [2.75, 3.05) is 0 Å². The third-order valence-corrected chi connectivity index (χ3v) is 2.61. The first-order chi connectivity index (χ1) is 8.93. The highest BCUT2D eigenvalue weighted by molar-refractivity contribution is 5.98. The number of rotatable bonds is 0. The van der Waals surface area contributed by atoms with Crippen molar-refractivity contribution in [1.82, 2.24) is 0 Å². The molecular formula is C18H22. The molecule has 0 aromatic heterocycles. The van der Waals surface area contributed by atoms with Crippen LogP contribution in [0.4, 0.5) is 0 Å². The minimum absolute atomic E-state index is 1.31. The van der Waals surface area contributed by atoms with Crippen LogP contribution in [0, 0.1) is 0 Å². The van der Waals surface area contributed by atoms with Crippen LogP contribution in [0.3, 0.4) is 0 Å². The standard InChI is InChI=1S/C14H10.2C2H6/c1-2-6-12-10-14-8-4-3-7-13(14)9-11(12)5-1;2*1-2/h1-10H;2*1-2H3. The van der Waals surface area contributed by atoms with Crippen molar-refractivity contribution in [3.8, 4) is 0 Å². The Morgan fingerprint density at radius 1 is 0.444 bits per heavy atom. The lowest BCUT2D eigenvalue weighted by molar-refractivity contribution is 1.50. The molecule has 0 nitrogen and oxygen atoms in total. The van der Waals surface area contributed by atoms with E-state index >= 15 is 0 Å². The van der Waals surface area contributed by atoms with Crippen LogP contribution in [-0.2, 0) is 0 Å². The molecular weight excluding hydrogens is 216 g/mol. The van der Waals surface area contributed by atoms with Gasteiger partial charge in [-0.25, -0.2) is 0 Å². The summed E-state index contributed by atoms with van der Waals surface area (Å²) < 4.78 is 0. The molecule has 94 valence electrons. The summed E-state index contributed by atoms with van der Waals surface area (Å²) in [6.07, 6.45) is 0. The summed E-state index contributed by atoms with van der Waals surface area (Å²) in [5, 5.41) is 5.25. The fourth-order valence-electron chi connectivity index (χ4n) is 1.88. The van der Waals surface area contributed by atoms with Crippen LogP contribution in [-0.4, -0.2) is 0 Å². The zero-order chi connectivity index (χ0) is 13.4. The van der Waals surface area contributed by atoms with Gasteiger partial charge in [0.2, 0.25) is 0 Å². The van der Waals surface area contributed by atoms with Crippen molar-refractivity contribution in [3.63, 3.8) is 0 Å². The fourth-order valence-corrected chi connectivity index (χ4v) is 1.88. The SMILES string of the molecule is CC.CC.c1ccc2cc3ccccc3cc2c1. The molecule has 0 aliphatic heterocycles. The summed E-state index contributed by atoms with van der Waals surface area (Å²) in [7, 11) is 0. The Morgan fingerprint density at radius 3 is 0.889 bits per heavy atom. The predicted octanol–water partition coefficient (Wildman–Crippen LogP) is 6.05. The van der Waals surface area contributed by atoms with Crippen LogP contribution < -0.4 is 0 Å². The van der Waals surface area contributed by atoms with Gasteiger partial charge in [-0.1, -0.05) is 76.2 Å². The highest BCUT2D eigenvalue weighted by atomic mass is 14.0. The van der Waals surface area contributed by atoms with Gasteiger partial charge in [-0.05, 0) is 33.7 Å². The molecule has 0 bridgehead atoms. The van der Waals surface area contributed by atoms with E-state index in [1.54, 1.807) is 0 Å². The average molecular weight is 238 g/mol. The molecule has 0 N–H and O–H groups in total. The van der Waals surface area contributed by atoms with Crippen LogP contribution in [0.15, 0.2) is 60.7 Å². The Balaban J connectivity index is 0.000000371. The third kappa shape index (κ3) is 3.10. The molecule has 0 radical (unpaired) electrons. The minimum atomic E-state index is 1.31. The molecule has 0 saturated carbocycles. The molecule has 3 rings (SSSR count). The van der Waals surface area contributed by atoms with Crippen molar-refractivity contribution >= 4 is 21.5 Å². The van der Waals surface area contributed by atoms with Gasteiger partial charge >= 0.3 is 0 Å². The second-order valence-corrected chi connectivity index (χ2v) is 3.55. The summed E-state index contributed by atoms with van der Waals surface area (Å²) in [5.41, 5.74) is 0. The van der Waals surface area contributed by atoms with E-state index in [0.717, 1.165) is 0 Å². The minimum Gasteiger partial charge on any atom is -0.0683 e. The summed E-state index contributed by atoms with van der Waals surface area (Å²) in [5.74, 6) is 0. The fraction of sp³-hybridized carbons (Fsp3) is 0.222. The van der Waals surface area contributed by atoms with E-state index < -0.39 is 0 Å². The maximum atomic E-state index is 2.24. The summed E-state index contributed by atoms with van der Waals surface area (Å²) in [6, 6.07) is 21.4. The molecule has 0 atom stereocenters. The van der Waals surface area contributed by atoms with Crippen LogP contribution in [0.25, 0.3) is 21.5 Å². The van der Waals surface area contributed by atoms with E-state index in [-0.39, 0.29) is 0 Å². The first-order valence-corrected chi connectivity index (χ1v) is 6.81. The zero-order valence-electron chi connectivity index (χ0n) is 11.8. The zero-order valence-corrected chi connectivity index (χ0v) is 11.8. The molecule has 0 unspecified atom stereocenters.